The highest BCUT2D eigenvalue weighted by molar-refractivity contribution is 6.16. The maximum Gasteiger partial charge on any atom is 0.323 e. The van der Waals surface area contributed by atoms with Crippen LogP contribution in [0.2, 0.25) is 0 Å². The Morgan fingerprint density at radius 1 is 1.00 bits per heavy atom. The summed E-state index contributed by atoms with van der Waals surface area (Å²) in [6.07, 6.45) is 1.74. The first-order chi connectivity index (χ1) is 21.5. The molecule has 0 radical (unpaired) electrons. The molecule has 3 heterocycles. The average molecular weight is 605 g/mol. The van der Waals surface area contributed by atoms with Crippen molar-refractivity contribution in [1.82, 2.24) is 19.7 Å². The van der Waals surface area contributed by atoms with Crippen LogP contribution < -0.4 is 20.1 Å². The van der Waals surface area contributed by atoms with Crippen LogP contribution in [0.25, 0.3) is 28.2 Å². The van der Waals surface area contributed by atoms with Gasteiger partial charge < -0.3 is 30.0 Å². The fourth-order valence-electron chi connectivity index (χ4n) is 5.45. The lowest BCUT2D eigenvalue weighted by Gasteiger charge is -2.11. The summed E-state index contributed by atoms with van der Waals surface area (Å²) >= 11 is 0. The van der Waals surface area contributed by atoms with Crippen LogP contribution in [0.1, 0.15) is 37.7 Å². The number of nitrogens with zero attached hydrogens (tertiary/aromatic N) is 3. The number of anilines is 2. The number of H-pyrrole nitrogens is 1. The summed E-state index contributed by atoms with van der Waals surface area (Å²) in [4.78, 5) is 43.5. The van der Waals surface area contributed by atoms with Crippen molar-refractivity contribution in [1.29, 1.82) is 0 Å². The standard InChI is InChI=1S/C34H32N6O5/c1-18-30(19(2)40(5)38-18)31-25(24-16-23(44-6)12-13-27(24)37-31)17-29-32(41)26-15-22(11-14-28(26)45-29)36-34(43)35-21-9-7-20(8-10-21)33(42)39(3)4/h7-17,37H,1-6H3,(H2,35,36,43)/b29-17-. The molecule has 0 spiro atoms. The maximum absolute atomic E-state index is 13.6. The largest absolute Gasteiger partial charge is 0.497 e. The van der Waals surface area contributed by atoms with Crippen molar-refractivity contribution < 1.29 is 23.9 Å². The van der Waals surface area contributed by atoms with Gasteiger partial charge in [0.1, 0.15) is 11.5 Å². The van der Waals surface area contributed by atoms with Gasteiger partial charge in [-0.15, -0.1) is 0 Å². The molecular weight excluding hydrogens is 572 g/mol. The van der Waals surface area contributed by atoms with Crippen LogP contribution in [0.5, 0.6) is 11.5 Å². The van der Waals surface area contributed by atoms with Gasteiger partial charge in [0, 0.05) is 65.8 Å². The number of methoxy groups -OCH3 is 1. The number of urea groups is 1. The first-order valence-corrected chi connectivity index (χ1v) is 14.2. The Labute approximate surface area is 259 Å². The van der Waals surface area contributed by atoms with E-state index in [4.69, 9.17) is 9.47 Å². The zero-order valence-electron chi connectivity index (χ0n) is 25.7. The Hall–Kier alpha value is -5.84. The number of allylic oxidation sites excluding steroid dienone is 1. The predicted molar refractivity (Wildman–Crippen MR) is 173 cm³/mol. The topological polar surface area (TPSA) is 131 Å². The first kappa shape index (κ1) is 29.2. The number of aromatic nitrogens is 3. The number of aromatic amines is 1. The van der Waals surface area contributed by atoms with Gasteiger partial charge in [-0.3, -0.25) is 14.3 Å². The summed E-state index contributed by atoms with van der Waals surface area (Å²) in [5.74, 6) is 0.792. The molecule has 3 aromatic carbocycles. The molecule has 0 atom stereocenters. The lowest BCUT2D eigenvalue weighted by Crippen LogP contribution is -2.22. The third kappa shape index (κ3) is 5.40. The zero-order chi connectivity index (χ0) is 32.0. The number of hydrogen-bond acceptors (Lipinski definition) is 6. The third-order valence-electron chi connectivity index (χ3n) is 7.80. The molecule has 6 rings (SSSR count). The smallest absolute Gasteiger partial charge is 0.323 e. The summed E-state index contributed by atoms with van der Waals surface area (Å²) < 4.78 is 13.4. The number of hydrogen-bond donors (Lipinski definition) is 3. The quantitative estimate of drug-likeness (QED) is 0.199. The van der Waals surface area contributed by atoms with Gasteiger partial charge in [-0.25, -0.2) is 4.79 Å². The molecule has 3 N–H and O–H groups in total. The van der Waals surface area contributed by atoms with E-state index in [1.165, 1.54) is 4.90 Å². The number of aryl methyl sites for hydroxylation is 2. The van der Waals surface area contributed by atoms with E-state index in [9.17, 15) is 14.4 Å². The molecule has 3 amide bonds. The fraction of sp³-hybridized carbons (Fsp3) is 0.176. The van der Waals surface area contributed by atoms with E-state index in [1.807, 2.05) is 43.8 Å². The summed E-state index contributed by atoms with van der Waals surface area (Å²) in [7, 11) is 6.85. The molecule has 1 aliphatic rings. The van der Waals surface area contributed by atoms with Crippen LogP contribution >= 0.6 is 0 Å². The van der Waals surface area contributed by atoms with Crippen LogP contribution in [0, 0.1) is 13.8 Å². The van der Waals surface area contributed by atoms with Crippen molar-refractivity contribution in [2.24, 2.45) is 7.05 Å². The van der Waals surface area contributed by atoms with Gasteiger partial charge in [0.25, 0.3) is 5.91 Å². The lowest BCUT2D eigenvalue weighted by atomic mass is 10.0. The van der Waals surface area contributed by atoms with Gasteiger partial charge in [0.2, 0.25) is 5.78 Å². The van der Waals surface area contributed by atoms with Crippen molar-refractivity contribution in [2.75, 3.05) is 31.8 Å². The molecule has 0 unspecified atom stereocenters. The molecule has 2 aromatic heterocycles. The summed E-state index contributed by atoms with van der Waals surface area (Å²) in [6.45, 7) is 3.95. The highest BCUT2D eigenvalue weighted by atomic mass is 16.5. The molecule has 228 valence electrons. The number of nitrogens with one attached hydrogen (secondary N) is 3. The Bertz CT molecular complexity index is 2030. The molecule has 5 aromatic rings. The molecule has 1 aliphatic heterocycles. The normalized spacial score (nSPS) is 13.1. The van der Waals surface area contributed by atoms with Gasteiger partial charge >= 0.3 is 6.03 Å². The molecular formula is C34H32N6O5. The first-order valence-electron chi connectivity index (χ1n) is 14.2. The molecule has 0 saturated heterocycles. The molecule has 0 fully saturated rings. The molecule has 0 bridgehead atoms. The molecule has 11 nitrogen and oxygen atoms in total. The van der Waals surface area contributed by atoms with E-state index in [0.717, 1.165) is 39.1 Å². The van der Waals surface area contributed by atoms with Gasteiger partial charge in [0.05, 0.1) is 24.1 Å². The second-order valence-electron chi connectivity index (χ2n) is 11.0. The predicted octanol–water partition coefficient (Wildman–Crippen LogP) is 6.16. The van der Waals surface area contributed by atoms with Gasteiger partial charge in [-0.2, -0.15) is 5.10 Å². The number of ketones is 1. The Morgan fingerprint density at radius 3 is 2.38 bits per heavy atom. The monoisotopic (exact) mass is 604 g/mol. The van der Waals surface area contributed by atoms with Gasteiger partial charge in [0.15, 0.2) is 5.76 Å². The van der Waals surface area contributed by atoms with Crippen molar-refractivity contribution >= 4 is 46.1 Å². The molecule has 0 saturated carbocycles. The highest BCUT2D eigenvalue weighted by Crippen LogP contribution is 2.39. The lowest BCUT2D eigenvalue weighted by molar-refractivity contribution is 0.0827. The molecule has 45 heavy (non-hydrogen) atoms. The van der Waals surface area contributed by atoms with Gasteiger partial charge in [-0.05, 0) is 80.6 Å². The highest BCUT2D eigenvalue weighted by Gasteiger charge is 2.29. The minimum Gasteiger partial charge on any atom is -0.497 e. The van der Waals surface area contributed by atoms with E-state index in [0.29, 0.717) is 34.0 Å². The minimum atomic E-state index is -0.497. The Kier molecular flexibility index (Phi) is 7.37. The molecule has 11 heteroatoms. The average Bonchev–Trinajstić information content (AvgIpc) is 3.61. The second kappa shape index (κ2) is 11.3. The number of benzene rings is 3. The second-order valence-corrected chi connectivity index (χ2v) is 11.0. The summed E-state index contributed by atoms with van der Waals surface area (Å²) in [5, 5.41) is 10.9. The van der Waals surface area contributed by atoms with Crippen LogP contribution in [-0.2, 0) is 7.05 Å². The van der Waals surface area contributed by atoms with Gasteiger partial charge in [-0.1, -0.05) is 0 Å². The van der Waals surface area contributed by atoms with E-state index in [2.05, 4.69) is 20.7 Å². The number of amides is 3. The number of carbonyl (C=O) groups excluding carboxylic acids is 3. The fourth-order valence-corrected chi connectivity index (χ4v) is 5.45. The van der Waals surface area contributed by atoms with Crippen molar-refractivity contribution in [3.63, 3.8) is 0 Å². The van der Waals surface area contributed by atoms with Crippen molar-refractivity contribution in [2.45, 2.75) is 13.8 Å². The number of fused-ring (bicyclic) bond motifs is 2. The SMILES string of the molecule is COc1ccc2[nH]c(-c3c(C)nn(C)c3C)c(/C=C3\Oc4ccc(NC(=O)Nc5ccc(C(=O)N(C)C)cc5)cc4C3=O)c2c1. The number of Topliss-reactive ketones (excluding diaryl/α,β-unsaturated/α-hetero) is 1. The van der Waals surface area contributed by atoms with E-state index >= 15 is 0 Å². The van der Waals surface area contributed by atoms with Crippen LogP contribution in [0.15, 0.2) is 66.4 Å². The Balaban J connectivity index is 1.27. The number of carbonyl (C=O) groups is 3. The van der Waals surface area contributed by atoms with Crippen LogP contribution in [0.4, 0.5) is 16.2 Å². The van der Waals surface area contributed by atoms with E-state index in [1.54, 1.807) is 69.7 Å². The van der Waals surface area contributed by atoms with E-state index < -0.39 is 6.03 Å². The Morgan fingerprint density at radius 2 is 1.71 bits per heavy atom. The van der Waals surface area contributed by atoms with E-state index in [-0.39, 0.29) is 17.4 Å². The summed E-state index contributed by atoms with van der Waals surface area (Å²) in [5.41, 5.74) is 7.01. The van der Waals surface area contributed by atoms with Crippen LogP contribution in [-0.4, -0.2) is 58.6 Å². The minimum absolute atomic E-state index is 0.132. The van der Waals surface area contributed by atoms with Crippen molar-refractivity contribution in [3.8, 4) is 22.8 Å². The summed E-state index contributed by atoms with van der Waals surface area (Å²) in [6, 6.07) is 16.7. The number of rotatable bonds is 6. The third-order valence-corrected chi connectivity index (χ3v) is 7.80. The zero-order valence-corrected chi connectivity index (χ0v) is 25.7. The van der Waals surface area contributed by atoms with Crippen molar-refractivity contribution in [3.05, 3.63) is 94.5 Å². The number of ether oxygens (including phenoxy) is 2. The maximum atomic E-state index is 13.6. The van der Waals surface area contributed by atoms with Crippen LogP contribution in [0.3, 0.4) is 0 Å². The molecule has 0 aliphatic carbocycles.